The maximum atomic E-state index is 11.6. The molecule has 1 atom stereocenters. The third-order valence-electron chi connectivity index (χ3n) is 2.08. The number of halogens is 1. The Morgan fingerprint density at radius 1 is 1.75 bits per heavy atom. The van der Waals surface area contributed by atoms with Crippen LogP contribution in [0, 0.1) is 0 Å². The molecule has 0 aromatic rings. The molecule has 0 saturated carbocycles. The molecule has 1 rings (SSSR count). The summed E-state index contributed by atoms with van der Waals surface area (Å²) in [6, 6.07) is 0. The van der Waals surface area contributed by atoms with E-state index in [1.165, 1.54) is 6.42 Å². The van der Waals surface area contributed by atoms with Crippen molar-refractivity contribution in [1.82, 2.24) is 5.32 Å². The molecule has 4 heteroatoms. The van der Waals surface area contributed by atoms with Gasteiger partial charge in [-0.05, 0) is 25.5 Å². The Bertz CT molecular complexity index is 168. The van der Waals surface area contributed by atoms with E-state index in [-0.39, 0.29) is 10.7 Å². The molecule has 0 spiro atoms. The minimum absolute atomic E-state index is 0.133. The van der Waals surface area contributed by atoms with E-state index < -0.39 is 0 Å². The van der Waals surface area contributed by atoms with Crippen LogP contribution in [-0.4, -0.2) is 27.4 Å². The summed E-state index contributed by atoms with van der Waals surface area (Å²) in [5.41, 5.74) is 0. The second kappa shape index (κ2) is 4.69. The normalized spacial score (nSPS) is 28.8. The van der Waals surface area contributed by atoms with Crippen LogP contribution in [0.4, 0.5) is 0 Å². The van der Waals surface area contributed by atoms with Gasteiger partial charge in [0.15, 0.2) is 0 Å². The zero-order valence-corrected chi connectivity index (χ0v) is 10.2. The molecule has 1 unspecified atom stereocenters. The number of thioether (sulfide) groups is 1. The summed E-state index contributed by atoms with van der Waals surface area (Å²) in [5, 5.41) is 2.95. The smallest absolute Gasteiger partial charge is 0.235 e. The molecule has 0 radical (unpaired) electrons. The Morgan fingerprint density at radius 3 is 3.00 bits per heavy atom. The van der Waals surface area contributed by atoms with Crippen LogP contribution in [0.25, 0.3) is 0 Å². The standard InChI is InChI=1S/C8H14INOS/c1-8(3-2-6-12-8)7(11)10-5-4-9/h2-6H2,1H3,(H,10,11). The first kappa shape index (κ1) is 10.6. The molecule has 0 aromatic heterocycles. The number of rotatable bonds is 3. The van der Waals surface area contributed by atoms with Crippen molar-refractivity contribution in [3.63, 3.8) is 0 Å². The number of carbonyl (C=O) groups is 1. The Hall–Kier alpha value is 0.550. The fourth-order valence-corrected chi connectivity index (χ4v) is 2.81. The van der Waals surface area contributed by atoms with Crippen LogP contribution in [0.1, 0.15) is 19.8 Å². The average Bonchev–Trinajstić information content (AvgIpc) is 2.49. The van der Waals surface area contributed by atoms with Crippen molar-refractivity contribution in [2.75, 3.05) is 16.7 Å². The highest BCUT2D eigenvalue weighted by molar-refractivity contribution is 14.1. The molecule has 12 heavy (non-hydrogen) atoms. The van der Waals surface area contributed by atoms with Crippen molar-refractivity contribution < 1.29 is 4.79 Å². The molecule has 0 bridgehead atoms. The summed E-state index contributed by atoms with van der Waals surface area (Å²) >= 11 is 4.06. The summed E-state index contributed by atoms with van der Waals surface area (Å²) in [4.78, 5) is 11.6. The molecule has 0 aromatic carbocycles. The molecule has 1 N–H and O–H groups in total. The van der Waals surface area contributed by atoms with Crippen LogP contribution in [0.5, 0.6) is 0 Å². The van der Waals surface area contributed by atoms with Crippen molar-refractivity contribution in [2.24, 2.45) is 0 Å². The second-order valence-electron chi connectivity index (χ2n) is 3.13. The molecule has 2 nitrogen and oxygen atoms in total. The van der Waals surface area contributed by atoms with E-state index in [1.807, 2.05) is 6.92 Å². The predicted octanol–water partition coefficient (Wildman–Crippen LogP) is 1.82. The van der Waals surface area contributed by atoms with Crippen LogP contribution in [0.15, 0.2) is 0 Å². The maximum absolute atomic E-state index is 11.6. The zero-order chi connectivity index (χ0) is 9.03. The quantitative estimate of drug-likeness (QED) is 0.636. The van der Waals surface area contributed by atoms with E-state index in [0.29, 0.717) is 0 Å². The number of hydrogen-bond acceptors (Lipinski definition) is 2. The molecule has 0 aliphatic carbocycles. The van der Waals surface area contributed by atoms with Crippen LogP contribution in [-0.2, 0) is 4.79 Å². The van der Waals surface area contributed by atoms with Crippen molar-refractivity contribution in [3.8, 4) is 0 Å². The Kier molecular flexibility index (Phi) is 4.16. The van der Waals surface area contributed by atoms with Crippen molar-refractivity contribution in [1.29, 1.82) is 0 Å². The van der Waals surface area contributed by atoms with Crippen molar-refractivity contribution >= 4 is 40.3 Å². The van der Waals surface area contributed by atoms with Crippen molar-refractivity contribution in [3.05, 3.63) is 0 Å². The molecule has 1 heterocycles. The molecule has 1 aliphatic rings. The zero-order valence-electron chi connectivity index (χ0n) is 7.23. The number of hydrogen-bond donors (Lipinski definition) is 1. The summed E-state index contributed by atoms with van der Waals surface area (Å²) < 4.78 is 0.857. The van der Waals surface area contributed by atoms with Crippen LogP contribution >= 0.6 is 34.4 Å². The largest absolute Gasteiger partial charge is 0.354 e. The maximum Gasteiger partial charge on any atom is 0.235 e. The first-order valence-electron chi connectivity index (χ1n) is 4.17. The van der Waals surface area contributed by atoms with E-state index in [2.05, 4.69) is 27.9 Å². The number of carbonyl (C=O) groups excluding carboxylic acids is 1. The van der Waals surface area contributed by atoms with Gasteiger partial charge in [-0.15, -0.1) is 11.8 Å². The van der Waals surface area contributed by atoms with Gasteiger partial charge in [-0.2, -0.15) is 0 Å². The van der Waals surface area contributed by atoms with Gasteiger partial charge in [0.25, 0.3) is 0 Å². The summed E-state index contributed by atoms with van der Waals surface area (Å²) in [6.45, 7) is 2.85. The van der Waals surface area contributed by atoms with Gasteiger partial charge in [0.2, 0.25) is 5.91 Å². The molecular formula is C8H14INOS. The first-order valence-corrected chi connectivity index (χ1v) is 6.68. The van der Waals surface area contributed by atoms with E-state index in [4.69, 9.17) is 0 Å². The third kappa shape index (κ3) is 2.52. The molecular weight excluding hydrogens is 285 g/mol. The average molecular weight is 299 g/mol. The lowest BCUT2D eigenvalue weighted by Gasteiger charge is -2.20. The van der Waals surface area contributed by atoms with Gasteiger partial charge in [0, 0.05) is 11.0 Å². The summed E-state index contributed by atoms with van der Waals surface area (Å²) in [6.07, 6.45) is 2.21. The van der Waals surface area contributed by atoms with Gasteiger partial charge in [0.05, 0.1) is 4.75 Å². The minimum atomic E-state index is -0.133. The van der Waals surface area contributed by atoms with Crippen LogP contribution in [0.2, 0.25) is 0 Å². The Balaban J connectivity index is 2.39. The molecule has 1 amide bonds. The van der Waals surface area contributed by atoms with Gasteiger partial charge < -0.3 is 5.32 Å². The highest BCUT2D eigenvalue weighted by Gasteiger charge is 2.36. The highest BCUT2D eigenvalue weighted by Crippen LogP contribution is 2.37. The van der Waals surface area contributed by atoms with E-state index in [0.717, 1.165) is 23.1 Å². The lowest BCUT2D eigenvalue weighted by molar-refractivity contribution is -0.122. The second-order valence-corrected chi connectivity index (χ2v) is 5.80. The monoisotopic (exact) mass is 299 g/mol. The molecule has 70 valence electrons. The van der Waals surface area contributed by atoms with E-state index >= 15 is 0 Å². The summed E-state index contributed by atoms with van der Waals surface area (Å²) in [5.74, 6) is 1.36. The first-order chi connectivity index (χ1) is 5.69. The molecule has 1 saturated heterocycles. The van der Waals surface area contributed by atoms with E-state index in [9.17, 15) is 4.79 Å². The Labute approximate surface area is 91.4 Å². The number of amides is 1. The highest BCUT2D eigenvalue weighted by atomic mass is 127. The van der Waals surface area contributed by atoms with Crippen LogP contribution in [0.3, 0.4) is 0 Å². The fourth-order valence-electron chi connectivity index (χ4n) is 1.31. The molecule has 1 aliphatic heterocycles. The summed E-state index contributed by atoms with van der Waals surface area (Å²) in [7, 11) is 0. The van der Waals surface area contributed by atoms with Gasteiger partial charge in [-0.3, -0.25) is 4.79 Å². The van der Waals surface area contributed by atoms with Crippen molar-refractivity contribution in [2.45, 2.75) is 24.5 Å². The number of alkyl halides is 1. The predicted molar refractivity (Wildman–Crippen MR) is 62.0 cm³/mol. The van der Waals surface area contributed by atoms with Gasteiger partial charge in [-0.1, -0.05) is 22.6 Å². The van der Waals surface area contributed by atoms with E-state index in [1.54, 1.807) is 11.8 Å². The van der Waals surface area contributed by atoms with Gasteiger partial charge >= 0.3 is 0 Å². The minimum Gasteiger partial charge on any atom is -0.354 e. The topological polar surface area (TPSA) is 29.1 Å². The van der Waals surface area contributed by atoms with Gasteiger partial charge in [-0.25, -0.2) is 0 Å². The lowest BCUT2D eigenvalue weighted by Crippen LogP contribution is -2.40. The van der Waals surface area contributed by atoms with Gasteiger partial charge in [0.1, 0.15) is 0 Å². The van der Waals surface area contributed by atoms with Crippen LogP contribution < -0.4 is 5.32 Å². The lowest BCUT2D eigenvalue weighted by atomic mass is 10.1. The Morgan fingerprint density at radius 2 is 2.50 bits per heavy atom. The molecule has 1 fully saturated rings. The SMILES string of the molecule is CC1(C(=O)NCCI)CCCS1. The number of nitrogens with one attached hydrogen (secondary N) is 1. The third-order valence-corrected chi connectivity index (χ3v) is 4.14. The fraction of sp³-hybridized carbons (Fsp3) is 0.875.